The zero-order chi connectivity index (χ0) is 20.3. The van der Waals surface area contributed by atoms with E-state index in [0.717, 1.165) is 22.0 Å². The molecule has 0 aliphatic rings. The molecule has 1 atom stereocenters. The lowest BCUT2D eigenvalue weighted by atomic mass is 10.0. The van der Waals surface area contributed by atoms with Gasteiger partial charge in [-0.2, -0.15) is 0 Å². The first-order valence-corrected chi connectivity index (χ1v) is 9.44. The Kier molecular flexibility index (Phi) is 5.78. The lowest BCUT2D eigenvalue weighted by Crippen LogP contribution is -2.32. The molecule has 0 bridgehead atoms. The van der Waals surface area contributed by atoms with E-state index in [-0.39, 0.29) is 17.6 Å². The number of non-ortho nitro benzene ring substituents is 1. The zero-order valence-electron chi connectivity index (χ0n) is 16.4. The number of carbonyl (C=O) groups is 1. The van der Waals surface area contributed by atoms with Crippen LogP contribution in [0.2, 0.25) is 0 Å². The average molecular weight is 379 g/mol. The first-order valence-electron chi connectivity index (χ1n) is 9.44. The number of hydrogen-bond donors (Lipinski definition) is 1. The molecule has 6 nitrogen and oxygen atoms in total. The Bertz CT molecular complexity index is 993. The van der Waals surface area contributed by atoms with Crippen LogP contribution in [0.1, 0.15) is 37.4 Å². The van der Waals surface area contributed by atoms with Crippen molar-refractivity contribution in [3.8, 4) is 0 Å². The van der Waals surface area contributed by atoms with Gasteiger partial charge in [-0.3, -0.25) is 14.9 Å². The van der Waals surface area contributed by atoms with E-state index in [0.29, 0.717) is 18.9 Å². The van der Waals surface area contributed by atoms with Gasteiger partial charge in [0.1, 0.15) is 6.04 Å². The van der Waals surface area contributed by atoms with Gasteiger partial charge in [-0.1, -0.05) is 44.2 Å². The largest absolute Gasteiger partial charge is 0.350 e. The van der Waals surface area contributed by atoms with Crippen molar-refractivity contribution in [2.75, 3.05) is 0 Å². The number of nitro benzene ring substituents is 1. The van der Waals surface area contributed by atoms with Gasteiger partial charge in [-0.25, -0.2) is 0 Å². The van der Waals surface area contributed by atoms with Crippen LogP contribution in [0.15, 0.2) is 54.7 Å². The maximum absolute atomic E-state index is 13.0. The topological polar surface area (TPSA) is 77.2 Å². The predicted octanol–water partition coefficient (Wildman–Crippen LogP) is 4.76. The number of amides is 1. The molecule has 0 radical (unpaired) electrons. The number of benzene rings is 2. The minimum atomic E-state index is -0.394. The van der Waals surface area contributed by atoms with Crippen molar-refractivity contribution in [2.24, 2.45) is 5.92 Å². The smallest absolute Gasteiger partial charge is 0.270 e. The highest BCUT2D eigenvalue weighted by Crippen LogP contribution is 2.30. The fourth-order valence-corrected chi connectivity index (χ4v) is 3.48. The molecule has 0 aliphatic carbocycles. The molecule has 3 aromatic rings. The van der Waals surface area contributed by atoms with Gasteiger partial charge in [0.2, 0.25) is 5.91 Å². The summed E-state index contributed by atoms with van der Waals surface area (Å²) >= 11 is 0. The van der Waals surface area contributed by atoms with E-state index in [4.69, 9.17) is 0 Å². The molecule has 3 rings (SSSR count). The summed E-state index contributed by atoms with van der Waals surface area (Å²) in [5.74, 6) is 0.274. The lowest BCUT2D eigenvalue weighted by molar-refractivity contribution is -0.384. The van der Waals surface area contributed by atoms with Gasteiger partial charge in [-0.05, 0) is 36.5 Å². The summed E-state index contributed by atoms with van der Waals surface area (Å²) in [6.45, 7) is 6.55. The molecule has 6 heteroatoms. The maximum atomic E-state index is 13.0. The van der Waals surface area contributed by atoms with Crippen molar-refractivity contribution < 1.29 is 9.72 Å². The summed E-state index contributed by atoms with van der Waals surface area (Å²) in [4.78, 5) is 23.8. The molecular formula is C22H25N3O3. The Balaban J connectivity index is 1.93. The van der Waals surface area contributed by atoms with Gasteiger partial charge in [0, 0.05) is 35.8 Å². The molecule has 0 fully saturated rings. The van der Waals surface area contributed by atoms with Crippen LogP contribution in [-0.4, -0.2) is 15.4 Å². The molecule has 0 saturated carbocycles. The van der Waals surface area contributed by atoms with Gasteiger partial charge < -0.3 is 9.88 Å². The van der Waals surface area contributed by atoms with E-state index in [1.165, 1.54) is 6.07 Å². The summed E-state index contributed by atoms with van der Waals surface area (Å²) in [7, 11) is 0. The third-order valence-corrected chi connectivity index (χ3v) is 4.87. The van der Waals surface area contributed by atoms with Crippen molar-refractivity contribution in [3.05, 3.63) is 76.0 Å². The van der Waals surface area contributed by atoms with Crippen molar-refractivity contribution in [3.63, 3.8) is 0 Å². The summed E-state index contributed by atoms with van der Waals surface area (Å²) < 4.78 is 1.95. The highest BCUT2D eigenvalue weighted by atomic mass is 16.6. The second kappa shape index (κ2) is 8.25. The molecule has 1 aromatic heterocycles. The fourth-order valence-electron chi connectivity index (χ4n) is 3.48. The number of aryl methyl sites for hydroxylation is 1. The van der Waals surface area contributed by atoms with E-state index in [1.807, 2.05) is 48.0 Å². The Morgan fingerprint density at radius 2 is 1.89 bits per heavy atom. The van der Waals surface area contributed by atoms with E-state index in [9.17, 15) is 14.9 Å². The fraction of sp³-hybridized carbons (Fsp3) is 0.318. The van der Waals surface area contributed by atoms with Crippen LogP contribution < -0.4 is 5.32 Å². The van der Waals surface area contributed by atoms with Crippen LogP contribution in [0.4, 0.5) is 5.69 Å². The van der Waals surface area contributed by atoms with Crippen LogP contribution in [0.3, 0.4) is 0 Å². The molecule has 1 unspecified atom stereocenters. The van der Waals surface area contributed by atoms with E-state index in [2.05, 4.69) is 19.2 Å². The highest BCUT2D eigenvalue weighted by Gasteiger charge is 2.24. The Labute approximate surface area is 164 Å². The number of fused-ring (bicyclic) bond motifs is 1. The van der Waals surface area contributed by atoms with Gasteiger partial charge in [-0.15, -0.1) is 0 Å². The number of nitrogens with zero attached hydrogens (tertiary/aromatic N) is 2. The lowest BCUT2D eigenvalue weighted by Gasteiger charge is -2.21. The number of carbonyl (C=O) groups excluding carboxylic acids is 1. The molecule has 1 heterocycles. The predicted molar refractivity (Wildman–Crippen MR) is 110 cm³/mol. The van der Waals surface area contributed by atoms with Crippen molar-refractivity contribution in [1.82, 2.24) is 9.88 Å². The third-order valence-electron chi connectivity index (χ3n) is 4.87. The highest BCUT2D eigenvalue weighted by molar-refractivity contribution is 5.89. The summed E-state index contributed by atoms with van der Waals surface area (Å²) in [5.41, 5.74) is 2.86. The van der Waals surface area contributed by atoms with Gasteiger partial charge in [0.15, 0.2) is 0 Å². The van der Waals surface area contributed by atoms with Gasteiger partial charge >= 0.3 is 0 Å². The molecule has 28 heavy (non-hydrogen) atoms. The maximum Gasteiger partial charge on any atom is 0.270 e. The minimum absolute atomic E-state index is 0.0483. The molecular weight excluding hydrogens is 354 g/mol. The molecule has 0 saturated heterocycles. The van der Waals surface area contributed by atoms with Crippen LogP contribution in [-0.2, 0) is 11.3 Å². The molecule has 1 N–H and O–H groups in total. The second-order valence-electron chi connectivity index (χ2n) is 7.53. The van der Waals surface area contributed by atoms with Crippen molar-refractivity contribution in [1.29, 1.82) is 0 Å². The molecule has 146 valence electrons. The molecule has 0 spiro atoms. The van der Waals surface area contributed by atoms with E-state index in [1.54, 1.807) is 12.1 Å². The molecule has 2 aromatic carbocycles. The number of rotatable bonds is 7. The quantitative estimate of drug-likeness (QED) is 0.475. The SMILES string of the molecule is Cc1cn(C(CC(C)C)C(=O)NCc2ccccc2)c2ccc([N+](=O)[O-])cc12. The Hall–Kier alpha value is -3.15. The van der Waals surface area contributed by atoms with Crippen LogP contribution >= 0.6 is 0 Å². The standard InChI is InChI=1S/C22H25N3O3/c1-15(2)11-21(22(26)23-13-17-7-5-4-6-8-17)24-14-16(3)19-12-18(25(27)28)9-10-20(19)24/h4-10,12,14-15,21H,11,13H2,1-3H3,(H,23,26). The minimum Gasteiger partial charge on any atom is -0.350 e. The van der Waals surface area contributed by atoms with Crippen molar-refractivity contribution in [2.45, 2.75) is 39.8 Å². The summed E-state index contributed by atoms with van der Waals surface area (Å²) in [5, 5.41) is 14.9. The first-order chi connectivity index (χ1) is 13.4. The van der Waals surface area contributed by atoms with Crippen LogP contribution in [0, 0.1) is 23.0 Å². The summed E-state index contributed by atoms with van der Waals surface area (Å²) in [6, 6.07) is 14.2. The van der Waals surface area contributed by atoms with Crippen molar-refractivity contribution >= 4 is 22.5 Å². The van der Waals surface area contributed by atoms with E-state index >= 15 is 0 Å². The normalized spacial score (nSPS) is 12.3. The zero-order valence-corrected chi connectivity index (χ0v) is 16.4. The molecule has 1 amide bonds. The third kappa shape index (κ3) is 4.22. The van der Waals surface area contributed by atoms with Gasteiger partial charge in [0.25, 0.3) is 5.69 Å². The number of nitro groups is 1. The Morgan fingerprint density at radius 3 is 2.54 bits per heavy atom. The number of nitrogens with one attached hydrogen (secondary N) is 1. The van der Waals surface area contributed by atoms with Crippen LogP contribution in [0.25, 0.3) is 10.9 Å². The second-order valence-corrected chi connectivity index (χ2v) is 7.53. The summed E-state index contributed by atoms with van der Waals surface area (Å²) in [6.07, 6.45) is 2.60. The van der Waals surface area contributed by atoms with Gasteiger partial charge in [0.05, 0.1) is 4.92 Å². The Morgan fingerprint density at radius 1 is 1.18 bits per heavy atom. The van der Waals surface area contributed by atoms with Crippen LogP contribution in [0.5, 0.6) is 0 Å². The van der Waals surface area contributed by atoms with E-state index < -0.39 is 4.92 Å². The average Bonchev–Trinajstić information content (AvgIpc) is 3.00. The molecule has 0 aliphatic heterocycles. The monoisotopic (exact) mass is 379 g/mol. The number of aromatic nitrogens is 1. The first kappa shape index (κ1) is 19.6. The number of hydrogen-bond acceptors (Lipinski definition) is 3.